The Bertz CT molecular complexity index is 411. The Labute approximate surface area is 197 Å². The number of unbranched alkanes of at least 4 members (excludes halogenated alkanes) is 11. The van der Waals surface area contributed by atoms with Crippen LogP contribution in [0.5, 0.6) is 0 Å². The molecule has 0 aromatic carbocycles. The predicted octanol–water partition coefficient (Wildman–Crippen LogP) is 6.16. The number of aliphatic carboxylic acids is 1. The number of carbonyl (C=O) groups excluding carboxylic acids is 1. The number of rotatable bonds is 18. The second-order valence-electron chi connectivity index (χ2n) is 8.61. The van der Waals surface area contributed by atoms with Crippen LogP contribution in [0.4, 0.5) is 0 Å². The molecule has 0 spiro atoms. The van der Waals surface area contributed by atoms with Gasteiger partial charge in [-0.2, -0.15) is 0 Å². The van der Waals surface area contributed by atoms with Crippen molar-refractivity contribution < 1.29 is 14.7 Å². The van der Waals surface area contributed by atoms with Crippen molar-refractivity contribution in [2.24, 2.45) is 11.7 Å². The molecule has 0 amide bonds. The minimum absolute atomic E-state index is 0.357. The van der Waals surface area contributed by atoms with Gasteiger partial charge in [-0.05, 0) is 12.3 Å². The Hall–Kier alpha value is -0.160. The quantitative estimate of drug-likeness (QED) is 0.158. The molecule has 1 unspecified atom stereocenters. The van der Waals surface area contributed by atoms with Crippen LogP contribution >= 0.6 is 0 Å². The third-order valence-corrected chi connectivity index (χ3v) is 5.33. The first-order valence-corrected chi connectivity index (χ1v) is 12.9. The van der Waals surface area contributed by atoms with Crippen molar-refractivity contribution in [1.29, 1.82) is 0 Å². The number of carbonyl (C=O) groups is 2. The molecule has 1 atom stereocenters. The molecule has 0 saturated carbocycles. The molecule has 0 aliphatic heterocycles. The van der Waals surface area contributed by atoms with Gasteiger partial charge in [-0.1, -0.05) is 52.9 Å². The van der Waals surface area contributed by atoms with Crippen molar-refractivity contribution in [2.45, 2.75) is 123 Å². The maximum atomic E-state index is 10.8. The van der Waals surface area contributed by atoms with Crippen LogP contribution in [-0.4, -0.2) is 48.1 Å². The predicted molar refractivity (Wildman–Crippen MR) is 125 cm³/mol. The van der Waals surface area contributed by atoms with E-state index in [2.05, 4.69) is 19.1 Å². The topological polar surface area (TPSA) is 80.4 Å². The Balaban J connectivity index is 0. The van der Waals surface area contributed by atoms with E-state index >= 15 is 0 Å². The maximum absolute atomic E-state index is 10.8. The first kappa shape index (κ1) is 31.0. The van der Waals surface area contributed by atoms with E-state index in [9.17, 15) is 9.59 Å². The minimum atomic E-state index is -0.913. The zero-order valence-electron chi connectivity index (χ0n) is 19.8. The van der Waals surface area contributed by atoms with Crippen molar-refractivity contribution in [3.05, 3.63) is 12.2 Å². The summed E-state index contributed by atoms with van der Waals surface area (Å²) in [5.74, 6) is -0.556. The number of allylic oxidation sites excluding steroid dienone is 2. The number of hydrogen-bond donors (Lipinski definition) is 2. The second-order valence-corrected chi connectivity index (χ2v) is 9.73. The van der Waals surface area contributed by atoms with Crippen LogP contribution in [0.2, 0.25) is 0 Å². The van der Waals surface area contributed by atoms with E-state index in [1.54, 1.807) is 0 Å². The molecule has 0 heterocycles. The molecule has 29 heavy (non-hydrogen) atoms. The second kappa shape index (κ2) is 24.1. The molecule has 166 valence electrons. The van der Waals surface area contributed by atoms with Gasteiger partial charge in [0.05, 0.1) is 0 Å². The zero-order valence-corrected chi connectivity index (χ0v) is 21.8. The van der Waals surface area contributed by atoms with Gasteiger partial charge < -0.3 is 10.8 Å². The summed E-state index contributed by atoms with van der Waals surface area (Å²) < 4.78 is 0.475. The van der Waals surface area contributed by atoms with E-state index in [4.69, 9.17) is 10.8 Å². The average molecular weight is 420 g/mol. The van der Waals surface area contributed by atoms with E-state index in [0.29, 0.717) is 15.4 Å². The van der Waals surface area contributed by atoms with Gasteiger partial charge in [-0.25, -0.2) is 0 Å². The summed E-state index contributed by atoms with van der Waals surface area (Å²) in [6.45, 7) is 6.17. The van der Waals surface area contributed by atoms with Gasteiger partial charge in [0.1, 0.15) is 6.04 Å². The summed E-state index contributed by atoms with van der Waals surface area (Å²) in [4.78, 5) is 20.9. The van der Waals surface area contributed by atoms with Crippen molar-refractivity contribution in [3.63, 3.8) is 0 Å². The van der Waals surface area contributed by atoms with E-state index in [0.717, 1.165) is 40.8 Å². The first-order valence-electron chi connectivity index (χ1n) is 11.9. The van der Waals surface area contributed by atoms with E-state index in [-0.39, 0.29) is 0 Å². The fraction of sp³-hybridized carbons (Fsp3) is 0.833. The van der Waals surface area contributed by atoms with E-state index in [1.165, 1.54) is 77.0 Å². The molecular weight excluding hydrogens is 373 g/mol. The van der Waals surface area contributed by atoms with Crippen molar-refractivity contribution in [3.8, 4) is 0 Å². The molecule has 4 nitrogen and oxygen atoms in total. The van der Waals surface area contributed by atoms with Gasteiger partial charge in [0, 0.05) is 0 Å². The van der Waals surface area contributed by atoms with Gasteiger partial charge in [-0.3, -0.25) is 4.79 Å². The molecule has 0 radical (unpaired) electrons. The SMILES string of the molecule is CC(C)CC(N)C(=O)O.CCCCCCCC/C=C\CCCCCCC[C](=O)[Na]. The normalized spacial score (nSPS) is 12.1. The Kier molecular flexibility index (Phi) is 25.8. The monoisotopic (exact) mass is 419 g/mol. The standard InChI is InChI=1S/C18H33O.C6H13NO2.Na/c1-2-3-4-5-6-7-8-9-10-11-12-13-14-15-16-17-18-19;1-4(2)3-5(7)6(8)9;/h9-10H,2-8,11-17H2,1H3;4-5H,3,7H2,1-2H3,(H,8,9);/b10-9-;;. The molecular formula is C24H46NNaO3. The van der Waals surface area contributed by atoms with Crippen LogP contribution in [-0.2, 0) is 9.59 Å². The summed E-state index contributed by atoms with van der Waals surface area (Å²) in [6.07, 6.45) is 23.3. The number of carboxylic acid groups (broad SMARTS) is 1. The molecule has 3 N–H and O–H groups in total. The van der Waals surface area contributed by atoms with Crippen LogP contribution in [0.15, 0.2) is 12.2 Å². The molecule has 0 aromatic heterocycles. The fourth-order valence-corrected chi connectivity index (χ4v) is 3.41. The number of hydrogen-bond acceptors (Lipinski definition) is 3. The van der Waals surface area contributed by atoms with Gasteiger partial charge >= 0.3 is 112 Å². The molecule has 0 aromatic rings. The third-order valence-electron chi connectivity index (χ3n) is 4.83. The summed E-state index contributed by atoms with van der Waals surface area (Å²) in [6, 6.07) is -0.690. The fourth-order valence-electron chi connectivity index (χ4n) is 3.05. The van der Waals surface area contributed by atoms with Crippen LogP contribution in [0, 0.1) is 5.92 Å². The first-order chi connectivity index (χ1) is 13.8. The Morgan fingerprint density at radius 2 is 1.31 bits per heavy atom. The Morgan fingerprint density at radius 1 is 0.862 bits per heavy atom. The van der Waals surface area contributed by atoms with Crippen molar-refractivity contribution >= 4 is 36.9 Å². The molecule has 0 rings (SSSR count). The number of nitrogens with two attached hydrogens (primary N) is 1. The van der Waals surface area contributed by atoms with Gasteiger partial charge in [-0.15, -0.1) is 0 Å². The average Bonchev–Trinajstić information content (AvgIpc) is 2.64. The molecule has 5 heteroatoms. The third kappa shape index (κ3) is 30.1. The molecule has 0 saturated heterocycles. The molecule has 0 bridgehead atoms. The zero-order chi connectivity index (χ0) is 22.3. The Morgan fingerprint density at radius 3 is 1.69 bits per heavy atom. The van der Waals surface area contributed by atoms with Crippen molar-refractivity contribution in [1.82, 2.24) is 0 Å². The van der Waals surface area contributed by atoms with E-state index in [1.807, 2.05) is 13.8 Å². The van der Waals surface area contributed by atoms with Gasteiger partial charge in [0.25, 0.3) is 0 Å². The summed E-state index contributed by atoms with van der Waals surface area (Å²) in [7, 11) is 0. The number of carboxylic acids is 1. The molecule has 0 aliphatic rings. The summed E-state index contributed by atoms with van der Waals surface area (Å²) in [5, 5.41) is 8.31. The van der Waals surface area contributed by atoms with Crippen LogP contribution in [0.3, 0.4) is 0 Å². The van der Waals surface area contributed by atoms with Crippen LogP contribution < -0.4 is 5.73 Å². The molecule has 0 aliphatic carbocycles. The van der Waals surface area contributed by atoms with E-state index < -0.39 is 12.0 Å². The van der Waals surface area contributed by atoms with Crippen LogP contribution in [0.1, 0.15) is 117 Å². The summed E-state index contributed by atoms with van der Waals surface area (Å²) >= 11 is 0.742. The van der Waals surface area contributed by atoms with Gasteiger partial charge in [0.2, 0.25) is 0 Å². The summed E-state index contributed by atoms with van der Waals surface area (Å²) in [5.41, 5.74) is 5.22. The molecule has 0 fully saturated rings. The van der Waals surface area contributed by atoms with Crippen LogP contribution in [0.25, 0.3) is 0 Å². The van der Waals surface area contributed by atoms with Crippen molar-refractivity contribution in [2.75, 3.05) is 0 Å². The van der Waals surface area contributed by atoms with Gasteiger partial charge in [0.15, 0.2) is 0 Å².